The van der Waals surface area contributed by atoms with E-state index in [1.54, 1.807) is 0 Å². The van der Waals surface area contributed by atoms with Crippen molar-refractivity contribution in [3.8, 4) is 0 Å². The Labute approximate surface area is 91.9 Å². The molecule has 0 unspecified atom stereocenters. The van der Waals surface area contributed by atoms with Gasteiger partial charge in [0.2, 0.25) is 6.41 Å². The molecule has 1 amide bonds. The van der Waals surface area contributed by atoms with Gasteiger partial charge in [0, 0.05) is 11.0 Å². The fourth-order valence-corrected chi connectivity index (χ4v) is 1.72. The van der Waals surface area contributed by atoms with Crippen LogP contribution in [-0.4, -0.2) is 10.8 Å². The second kappa shape index (κ2) is 5.96. The molecule has 1 aromatic carbocycles. The standard InChI is InChI=1S/C10H12INO/c11-6-5-9-1-3-10(4-2-9)7-12-8-13/h1-4,8H,5-7H2,(H,12,13). The molecule has 70 valence electrons. The van der Waals surface area contributed by atoms with Crippen molar-refractivity contribution in [3.63, 3.8) is 0 Å². The maximum atomic E-state index is 10.0. The molecule has 1 N–H and O–H groups in total. The zero-order valence-electron chi connectivity index (χ0n) is 7.29. The molecule has 0 bridgehead atoms. The molecule has 0 saturated carbocycles. The van der Waals surface area contributed by atoms with Crippen molar-refractivity contribution < 1.29 is 4.79 Å². The number of benzene rings is 1. The lowest BCUT2D eigenvalue weighted by atomic mass is 10.1. The summed E-state index contributed by atoms with van der Waals surface area (Å²) in [5.41, 5.74) is 2.49. The Morgan fingerprint density at radius 1 is 1.23 bits per heavy atom. The van der Waals surface area contributed by atoms with E-state index in [-0.39, 0.29) is 0 Å². The number of hydrogen-bond acceptors (Lipinski definition) is 1. The van der Waals surface area contributed by atoms with Gasteiger partial charge in [0.05, 0.1) is 0 Å². The Morgan fingerprint density at radius 3 is 2.38 bits per heavy atom. The number of amides is 1. The van der Waals surface area contributed by atoms with Gasteiger partial charge in [-0.3, -0.25) is 4.79 Å². The number of aryl methyl sites for hydroxylation is 1. The first-order valence-corrected chi connectivity index (χ1v) is 5.70. The summed E-state index contributed by atoms with van der Waals surface area (Å²) in [5, 5.41) is 2.63. The van der Waals surface area contributed by atoms with Crippen LogP contribution in [0.1, 0.15) is 11.1 Å². The maximum absolute atomic E-state index is 10.0. The Balaban J connectivity index is 2.53. The molecule has 13 heavy (non-hydrogen) atoms. The van der Waals surface area contributed by atoms with E-state index in [9.17, 15) is 4.79 Å². The number of carbonyl (C=O) groups is 1. The van der Waals surface area contributed by atoms with Crippen LogP contribution in [0, 0.1) is 0 Å². The Kier molecular flexibility index (Phi) is 4.82. The van der Waals surface area contributed by atoms with Crippen LogP contribution in [-0.2, 0) is 17.8 Å². The summed E-state index contributed by atoms with van der Waals surface area (Å²) < 4.78 is 1.14. The van der Waals surface area contributed by atoms with E-state index in [0.717, 1.165) is 22.8 Å². The molecule has 0 aromatic heterocycles. The highest BCUT2D eigenvalue weighted by Crippen LogP contribution is 2.05. The van der Waals surface area contributed by atoms with E-state index in [1.165, 1.54) is 5.56 Å². The summed E-state index contributed by atoms with van der Waals surface area (Å²) in [7, 11) is 0. The number of carbonyl (C=O) groups excluding carboxylic acids is 1. The minimum Gasteiger partial charge on any atom is -0.355 e. The van der Waals surface area contributed by atoms with Crippen molar-refractivity contribution in [2.45, 2.75) is 13.0 Å². The normalized spacial score (nSPS) is 9.62. The third-order valence-electron chi connectivity index (χ3n) is 1.80. The van der Waals surface area contributed by atoms with E-state index in [4.69, 9.17) is 0 Å². The van der Waals surface area contributed by atoms with Gasteiger partial charge in [-0.15, -0.1) is 0 Å². The molecule has 0 aliphatic heterocycles. The highest BCUT2D eigenvalue weighted by Gasteiger charge is 1.93. The lowest BCUT2D eigenvalue weighted by Crippen LogP contribution is -2.09. The van der Waals surface area contributed by atoms with Crippen LogP contribution >= 0.6 is 22.6 Å². The third kappa shape index (κ3) is 3.76. The minimum absolute atomic E-state index is 0.619. The van der Waals surface area contributed by atoms with Crippen LogP contribution in [0.3, 0.4) is 0 Å². The highest BCUT2D eigenvalue weighted by molar-refractivity contribution is 14.1. The van der Waals surface area contributed by atoms with Crippen LogP contribution in [0.5, 0.6) is 0 Å². The van der Waals surface area contributed by atoms with E-state index in [0.29, 0.717) is 6.54 Å². The van der Waals surface area contributed by atoms with Gasteiger partial charge < -0.3 is 5.32 Å². The molecule has 0 atom stereocenters. The molecular formula is C10H12INO. The van der Waals surface area contributed by atoms with E-state index < -0.39 is 0 Å². The summed E-state index contributed by atoms with van der Waals surface area (Å²) in [6.45, 7) is 0.619. The maximum Gasteiger partial charge on any atom is 0.207 e. The molecule has 1 rings (SSSR count). The second-order valence-corrected chi connectivity index (χ2v) is 3.83. The van der Waals surface area contributed by atoms with Crippen LogP contribution in [0.25, 0.3) is 0 Å². The van der Waals surface area contributed by atoms with Gasteiger partial charge in [-0.05, 0) is 17.5 Å². The van der Waals surface area contributed by atoms with Crippen LogP contribution < -0.4 is 5.32 Å². The first-order valence-electron chi connectivity index (χ1n) is 4.17. The number of halogens is 1. The molecule has 0 heterocycles. The molecule has 0 aliphatic carbocycles. The molecular weight excluding hydrogens is 277 g/mol. The highest BCUT2D eigenvalue weighted by atomic mass is 127. The second-order valence-electron chi connectivity index (χ2n) is 2.75. The zero-order valence-corrected chi connectivity index (χ0v) is 9.45. The fraction of sp³-hybridized carbons (Fsp3) is 0.300. The number of nitrogens with one attached hydrogen (secondary N) is 1. The lowest BCUT2D eigenvalue weighted by Gasteiger charge is -2.01. The SMILES string of the molecule is O=CNCc1ccc(CCI)cc1. The summed E-state index contributed by atoms with van der Waals surface area (Å²) in [6, 6.07) is 8.33. The Hall–Kier alpha value is -0.580. The van der Waals surface area contributed by atoms with Crippen molar-refractivity contribution in [2.24, 2.45) is 0 Å². The topological polar surface area (TPSA) is 29.1 Å². The zero-order chi connectivity index (χ0) is 9.52. The van der Waals surface area contributed by atoms with E-state index in [2.05, 4.69) is 52.2 Å². The number of hydrogen-bond donors (Lipinski definition) is 1. The molecule has 3 heteroatoms. The van der Waals surface area contributed by atoms with Gasteiger partial charge in [-0.25, -0.2) is 0 Å². The lowest BCUT2D eigenvalue weighted by molar-refractivity contribution is -0.109. The smallest absolute Gasteiger partial charge is 0.207 e. The van der Waals surface area contributed by atoms with Crippen molar-refractivity contribution >= 4 is 29.0 Å². The average Bonchev–Trinajstić information content (AvgIpc) is 2.17. The average molecular weight is 289 g/mol. The van der Waals surface area contributed by atoms with Crippen LogP contribution in [0.4, 0.5) is 0 Å². The predicted molar refractivity (Wildman–Crippen MR) is 61.9 cm³/mol. The predicted octanol–water partition coefficient (Wildman–Crippen LogP) is 1.91. The molecule has 0 saturated heterocycles. The fourth-order valence-electron chi connectivity index (χ4n) is 1.09. The van der Waals surface area contributed by atoms with Crippen molar-refractivity contribution in [1.29, 1.82) is 0 Å². The molecule has 0 fully saturated rings. The molecule has 2 nitrogen and oxygen atoms in total. The molecule has 0 radical (unpaired) electrons. The third-order valence-corrected chi connectivity index (χ3v) is 2.34. The van der Waals surface area contributed by atoms with Gasteiger partial charge in [0.1, 0.15) is 0 Å². The molecule has 1 aromatic rings. The van der Waals surface area contributed by atoms with Crippen molar-refractivity contribution in [1.82, 2.24) is 5.32 Å². The first kappa shape index (κ1) is 10.5. The summed E-state index contributed by atoms with van der Waals surface area (Å²) >= 11 is 2.36. The summed E-state index contributed by atoms with van der Waals surface area (Å²) in [5.74, 6) is 0. The van der Waals surface area contributed by atoms with Gasteiger partial charge in [-0.2, -0.15) is 0 Å². The van der Waals surface area contributed by atoms with Crippen molar-refractivity contribution in [3.05, 3.63) is 35.4 Å². The molecule has 0 aliphatic rings. The van der Waals surface area contributed by atoms with E-state index in [1.807, 2.05) is 0 Å². The number of alkyl halides is 1. The van der Waals surface area contributed by atoms with Gasteiger partial charge >= 0.3 is 0 Å². The van der Waals surface area contributed by atoms with Gasteiger partial charge in [0.15, 0.2) is 0 Å². The quantitative estimate of drug-likeness (QED) is 0.501. The van der Waals surface area contributed by atoms with Crippen LogP contribution in [0.2, 0.25) is 0 Å². The van der Waals surface area contributed by atoms with Gasteiger partial charge in [0.25, 0.3) is 0 Å². The summed E-state index contributed by atoms with van der Waals surface area (Å²) in [4.78, 5) is 10.0. The Bertz CT molecular complexity index is 258. The summed E-state index contributed by atoms with van der Waals surface area (Å²) in [6.07, 6.45) is 1.83. The number of rotatable bonds is 5. The van der Waals surface area contributed by atoms with Crippen LogP contribution in [0.15, 0.2) is 24.3 Å². The molecule has 0 spiro atoms. The van der Waals surface area contributed by atoms with E-state index >= 15 is 0 Å². The van der Waals surface area contributed by atoms with Crippen molar-refractivity contribution in [2.75, 3.05) is 4.43 Å². The first-order chi connectivity index (χ1) is 6.36. The Morgan fingerprint density at radius 2 is 1.85 bits per heavy atom. The monoisotopic (exact) mass is 289 g/mol. The minimum atomic E-state index is 0.619. The largest absolute Gasteiger partial charge is 0.355 e. The van der Waals surface area contributed by atoms with Gasteiger partial charge in [-0.1, -0.05) is 46.9 Å².